The van der Waals surface area contributed by atoms with Gasteiger partial charge in [0.05, 0.1) is 6.54 Å². The minimum Gasteiger partial charge on any atom is -0.206 e. The van der Waals surface area contributed by atoms with Crippen LogP contribution in [0.2, 0.25) is 5.02 Å². The van der Waals surface area contributed by atoms with Crippen LogP contribution in [-0.2, 0) is 6.54 Å². The van der Waals surface area contributed by atoms with Crippen molar-refractivity contribution in [1.82, 2.24) is 0 Å². The summed E-state index contributed by atoms with van der Waals surface area (Å²) in [5, 5.41) is 3.95. The van der Waals surface area contributed by atoms with Gasteiger partial charge in [0, 0.05) is 15.5 Å². The van der Waals surface area contributed by atoms with Gasteiger partial charge in [0.25, 0.3) is 0 Å². The molecule has 0 amide bonds. The van der Waals surface area contributed by atoms with Crippen LogP contribution in [0.3, 0.4) is 0 Å². The molecule has 0 saturated carbocycles. The molecule has 0 bridgehead atoms. The molecule has 0 fully saturated rings. The van der Waals surface area contributed by atoms with E-state index in [0.29, 0.717) is 16.1 Å². The molecule has 18 heavy (non-hydrogen) atoms. The second-order valence-corrected chi connectivity index (χ2v) is 4.15. The van der Waals surface area contributed by atoms with E-state index in [4.69, 9.17) is 17.1 Å². The summed E-state index contributed by atoms with van der Waals surface area (Å²) in [4.78, 5) is 2.69. The second kappa shape index (κ2) is 5.54. The zero-order chi connectivity index (χ0) is 13.0. The van der Waals surface area contributed by atoms with Crippen molar-refractivity contribution >= 4 is 11.6 Å². The van der Waals surface area contributed by atoms with E-state index < -0.39 is 0 Å². The zero-order valence-electron chi connectivity index (χ0n) is 9.35. The third-order valence-corrected chi connectivity index (χ3v) is 2.68. The van der Waals surface area contributed by atoms with E-state index in [9.17, 15) is 4.39 Å². The van der Waals surface area contributed by atoms with Gasteiger partial charge in [-0.05, 0) is 34.9 Å². The van der Waals surface area contributed by atoms with Gasteiger partial charge in [0.2, 0.25) is 0 Å². The van der Waals surface area contributed by atoms with Crippen LogP contribution in [0.15, 0.2) is 47.6 Å². The number of rotatable bonds is 3. The predicted octanol–water partition coefficient (Wildman–Crippen LogP) is 4.96. The Morgan fingerprint density at radius 2 is 2.00 bits per heavy atom. The zero-order valence-corrected chi connectivity index (χ0v) is 10.1. The van der Waals surface area contributed by atoms with Crippen molar-refractivity contribution in [2.45, 2.75) is 6.54 Å². The SMILES string of the molecule is [N-]=[N+]=NCc1cc(Cl)cc(-c2ccccc2F)c1. The Morgan fingerprint density at radius 1 is 1.22 bits per heavy atom. The lowest BCUT2D eigenvalue weighted by atomic mass is 10.0. The molecule has 0 aliphatic heterocycles. The first kappa shape index (κ1) is 12.4. The third kappa shape index (κ3) is 2.80. The third-order valence-electron chi connectivity index (χ3n) is 2.46. The molecule has 2 rings (SSSR count). The van der Waals surface area contributed by atoms with Crippen molar-refractivity contribution < 1.29 is 4.39 Å². The summed E-state index contributed by atoms with van der Waals surface area (Å²) in [6, 6.07) is 11.6. The molecule has 0 unspecified atom stereocenters. The highest BCUT2D eigenvalue weighted by molar-refractivity contribution is 6.31. The number of halogens is 2. The lowest BCUT2D eigenvalue weighted by Crippen LogP contribution is -1.87. The van der Waals surface area contributed by atoms with Crippen molar-refractivity contribution in [3.8, 4) is 11.1 Å². The lowest BCUT2D eigenvalue weighted by molar-refractivity contribution is 0.631. The van der Waals surface area contributed by atoms with Crippen LogP contribution in [0.1, 0.15) is 5.56 Å². The van der Waals surface area contributed by atoms with Crippen molar-refractivity contribution in [1.29, 1.82) is 0 Å². The number of hydrogen-bond acceptors (Lipinski definition) is 1. The van der Waals surface area contributed by atoms with Gasteiger partial charge in [-0.15, -0.1) is 0 Å². The fraction of sp³-hybridized carbons (Fsp3) is 0.0769. The van der Waals surface area contributed by atoms with E-state index in [1.165, 1.54) is 6.07 Å². The van der Waals surface area contributed by atoms with E-state index >= 15 is 0 Å². The number of azide groups is 1. The van der Waals surface area contributed by atoms with Crippen molar-refractivity contribution in [3.05, 3.63) is 69.3 Å². The molecule has 5 heteroatoms. The van der Waals surface area contributed by atoms with Gasteiger partial charge in [-0.25, -0.2) is 4.39 Å². The second-order valence-electron chi connectivity index (χ2n) is 3.72. The topological polar surface area (TPSA) is 48.8 Å². The summed E-state index contributed by atoms with van der Waals surface area (Å²) in [7, 11) is 0. The van der Waals surface area contributed by atoms with E-state index in [2.05, 4.69) is 10.0 Å². The molecule has 0 radical (unpaired) electrons. The van der Waals surface area contributed by atoms with Crippen LogP contribution in [-0.4, -0.2) is 0 Å². The monoisotopic (exact) mass is 261 g/mol. The number of hydrogen-bond donors (Lipinski definition) is 0. The van der Waals surface area contributed by atoms with Gasteiger partial charge in [0.15, 0.2) is 0 Å². The maximum atomic E-state index is 13.7. The summed E-state index contributed by atoms with van der Waals surface area (Å²) in [5.41, 5.74) is 10.2. The van der Waals surface area contributed by atoms with Gasteiger partial charge < -0.3 is 0 Å². The molecule has 0 atom stereocenters. The minimum atomic E-state index is -0.311. The van der Waals surface area contributed by atoms with Crippen LogP contribution in [0, 0.1) is 5.82 Å². The smallest absolute Gasteiger partial charge is 0.131 e. The molecular formula is C13H9ClFN3. The first-order valence-electron chi connectivity index (χ1n) is 5.26. The van der Waals surface area contributed by atoms with Crippen LogP contribution >= 0.6 is 11.6 Å². The van der Waals surface area contributed by atoms with Crippen molar-refractivity contribution in [2.75, 3.05) is 0 Å². The van der Waals surface area contributed by atoms with E-state index in [-0.39, 0.29) is 12.4 Å². The molecule has 90 valence electrons. The largest absolute Gasteiger partial charge is 0.206 e. The molecule has 0 aliphatic carbocycles. The standard InChI is InChI=1S/C13H9ClFN3/c14-11-6-9(8-17-18-16)5-10(7-11)12-3-1-2-4-13(12)15/h1-7H,8H2. The van der Waals surface area contributed by atoms with Gasteiger partial charge in [-0.3, -0.25) is 0 Å². The highest BCUT2D eigenvalue weighted by Gasteiger charge is 2.06. The molecule has 0 heterocycles. The quantitative estimate of drug-likeness (QED) is 0.426. The van der Waals surface area contributed by atoms with Crippen LogP contribution in [0.5, 0.6) is 0 Å². The minimum absolute atomic E-state index is 0.193. The normalized spacial score (nSPS) is 9.89. The average molecular weight is 262 g/mol. The highest BCUT2D eigenvalue weighted by atomic mass is 35.5. The summed E-state index contributed by atoms with van der Waals surface area (Å²) in [5.74, 6) is -0.311. The molecule has 2 aromatic rings. The summed E-state index contributed by atoms with van der Waals surface area (Å²) >= 11 is 5.97. The fourth-order valence-corrected chi connectivity index (χ4v) is 1.96. The Morgan fingerprint density at radius 3 is 2.72 bits per heavy atom. The van der Waals surface area contributed by atoms with E-state index in [1.54, 1.807) is 36.4 Å². The van der Waals surface area contributed by atoms with Gasteiger partial charge in [0.1, 0.15) is 5.82 Å². The Bertz CT molecular complexity index is 621. The van der Waals surface area contributed by atoms with Gasteiger partial charge >= 0.3 is 0 Å². The number of benzene rings is 2. The Hall–Kier alpha value is -2.03. The Kier molecular flexibility index (Phi) is 3.82. The van der Waals surface area contributed by atoms with Crippen LogP contribution < -0.4 is 0 Å². The maximum absolute atomic E-state index is 13.7. The first-order valence-corrected chi connectivity index (χ1v) is 5.64. The molecule has 2 aromatic carbocycles. The highest BCUT2D eigenvalue weighted by Crippen LogP contribution is 2.27. The molecule has 0 aliphatic rings. The lowest BCUT2D eigenvalue weighted by Gasteiger charge is -2.06. The fourth-order valence-electron chi connectivity index (χ4n) is 1.71. The first-order chi connectivity index (χ1) is 8.70. The maximum Gasteiger partial charge on any atom is 0.131 e. The van der Waals surface area contributed by atoms with E-state index in [0.717, 1.165) is 5.56 Å². The summed E-state index contributed by atoms with van der Waals surface area (Å²) < 4.78 is 13.7. The van der Waals surface area contributed by atoms with Crippen molar-refractivity contribution in [3.63, 3.8) is 0 Å². The molecule has 0 aromatic heterocycles. The molecule has 3 nitrogen and oxygen atoms in total. The number of nitrogens with zero attached hydrogens (tertiary/aromatic N) is 3. The summed E-state index contributed by atoms with van der Waals surface area (Å²) in [6.45, 7) is 0.193. The van der Waals surface area contributed by atoms with Gasteiger partial charge in [-0.1, -0.05) is 41.0 Å². The van der Waals surface area contributed by atoms with Crippen LogP contribution in [0.25, 0.3) is 21.6 Å². The Labute approximate surface area is 108 Å². The summed E-state index contributed by atoms with van der Waals surface area (Å²) in [6.07, 6.45) is 0. The van der Waals surface area contributed by atoms with Gasteiger partial charge in [-0.2, -0.15) is 0 Å². The molecule has 0 N–H and O–H groups in total. The molecule has 0 saturated heterocycles. The predicted molar refractivity (Wildman–Crippen MR) is 69.7 cm³/mol. The van der Waals surface area contributed by atoms with E-state index in [1.807, 2.05) is 0 Å². The average Bonchev–Trinajstić information content (AvgIpc) is 2.36. The van der Waals surface area contributed by atoms with Crippen molar-refractivity contribution in [2.24, 2.45) is 5.11 Å². The van der Waals surface area contributed by atoms with Crippen LogP contribution in [0.4, 0.5) is 4.39 Å². The molecule has 0 spiro atoms. The Balaban J connectivity index is 2.48. The molecular weight excluding hydrogens is 253 g/mol.